The summed E-state index contributed by atoms with van der Waals surface area (Å²) in [6, 6.07) is 10.5. The lowest BCUT2D eigenvalue weighted by Crippen LogP contribution is -2.47. The van der Waals surface area contributed by atoms with Gasteiger partial charge < -0.3 is 15.8 Å². The summed E-state index contributed by atoms with van der Waals surface area (Å²) in [7, 11) is 0. The average Bonchev–Trinajstić information content (AvgIpc) is 2.83. The van der Waals surface area contributed by atoms with Crippen molar-refractivity contribution in [2.24, 2.45) is 5.92 Å². The van der Waals surface area contributed by atoms with Crippen molar-refractivity contribution < 1.29 is 4.74 Å². The first kappa shape index (κ1) is 15.0. The molecular weight excluding hydrogens is 298 g/mol. The molecule has 2 fully saturated rings. The zero-order valence-electron chi connectivity index (χ0n) is 13.5. The number of anilines is 1. The first-order valence-electron chi connectivity index (χ1n) is 8.53. The molecule has 0 saturated carbocycles. The zero-order valence-corrected chi connectivity index (χ0v) is 13.5. The quantitative estimate of drug-likeness (QED) is 0.779. The minimum atomic E-state index is 0.0460. The van der Waals surface area contributed by atoms with E-state index >= 15 is 0 Å². The van der Waals surface area contributed by atoms with Crippen molar-refractivity contribution in [1.29, 1.82) is 5.26 Å². The fraction of sp³-hybridized carbons (Fsp3) is 0.350. The molecule has 4 nitrogen and oxygen atoms in total. The Kier molecular flexibility index (Phi) is 3.87. The second-order valence-electron chi connectivity index (χ2n) is 6.59. The van der Waals surface area contributed by atoms with Crippen LogP contribution >= 0.6 is 0 Å². The number of allylic oxidation sites excluding steroid dienone is 4. The van der Waals surface area contributed by atoms with Gasteiger partial charge in [-0.05, 0) is 43.0 Å². The van der Waals surface area contributed by atoms with Crippen molar-refractivity contribution in [3.8, 4) is 6.07 Å². The molecule has 3 aliphatic rings. The number of ether oxygens (including phenoxy) is 1. The molecule has 2 aliphatic heterocycles. The Morgan fingerprint density at radius 3 is 3.08 bits per heavy atom. The van der Waals surface area contributed by atoms with Crippen LogP contribution in [-0.4, -0.2) is 12.7 Å². The number of hydrogen-bond donors (Lipinski definition) is 2. The number of nitrogens with zero attached hydrogens (tertiary/aromatic N) is 1. The standard InChI is InChI=1S/C20H21N3O/c21-12-14-5-1-2-8-16-19(14)23-18(13-6-3-7-15(22)11-13)17-9-4-10-24-20(16)17/h1,3,5-8,11,17-18,20,23H,2,4,9-10,22H2/t17?,18-,20?/m0/s1. The fourth-order valence-corrected chi connectivity index (χ4v) is 4.05. The van der Waals surface area contributed by atoms with Crippen molar-refractivity contribution in [2.75, 3.05) is 12.3 Å². The molecule has 122 valence electrons. The van der Waals surface area contributed by atoms with Crippen molar-refractivity contribution in [3.05, 3.63) is 64.9 Å². The van der Waals surface area contributed by atoms with E-state index in [4.69, 9.17) is 10.5 Å². The molecular formula is C20H21N3O. The summed E-state index contributed by atoms with van der Waals surface area (Å²) < 4.78 is 6.17. The maximum absolute atomic E-state index is 9.56. The number of piperidine rings is 1. The summed E-state index contributed by atoms with van der Waals surface area (Å²) in [6.45, 7) is 0.782. The van der Waals surface area contributed by atoms with Crippen molar-refractivity contribution >= 4 is 5.69 Å². The predicted octanol–water partition coefficient (Wildman–Crippen LogP) is 3.37. The summed E-state index contributed by atoms with van der Waals surface area (Å²) in [5.74, 6) is 0.355. The molecule has 4 heteroatoms. The van der Waals surface area contributed by atoms with Gasteiger partial charge in [0.05, 0.1) is 23.4 Å². The molecule has 1 aromatic carbocycles. The van der Waals surface area contributed by atoms with E-state index in [0.29, 0.717) is 11.5 Å². The van der Waals surface area contributed by atoms with Gasteiger partial charge in [-0.3, -0.25) is 0 Å². The maximum Gasteiger partial charge on any atom is 0.101 e. The van der Waals surface area contributed by atoms with Gasteiger partial charge in [-0.15, -0.1) is 0 Å². The van der Waals surface area contributed by atoms with Gasteiger partial charge in [-0.1, -0.05) is 24.3 Å². The van der Waals surface area contributed by atoms with Gasteiger partial charge in [0.15, 0.2) is 0 Å². The number of hydrogen-bond acceptors (Lipinski definition) is 4. The van der Waals surface area contributed by atoms with E-state index in [2.05, 4.69) is 23.5 Å². The highest BCUT2D eigenvalue weighted by molar-refractivity contribution is 5.53. The average molecular weight is 319 g/mol. The maximum atomic E-state index is 9.56. The van der Waals surface area contributed by atoms with Crippen LogP contribution < -0.4 is 11.1 Å². The van der Waals surface area contributed by atoms with E-state index in [1.165, 1.54) is 0 Å². The molecule has 1 aliphatic carbocycles. The topological polar surface area (TPSA) is 71.1 Å². The largest absolute Gasteiger partial charge is 0.399 e. The SMILES string of the molecule is N#CC1=C2N[C@@H](c3cccc(N)c3)C3CCCOC3C2=CCC=C1. The van der Waals surface area contributed by atoms with Gasteiger partial charge in [-0.2, -0.15) is 5.26 Å². The molecule has 24 heavy (non-hydrogen) atoms. The molecule has 2 unspecified atom stereocenters. The first-order valence-corrected chi connectivity index (χ1v) is 8.53. The molecule has 3 N–H and O–H groups in total. The van der Waals surface area contributed by atoms with Gasteiger partial charge >= 0.3 is 0 Å². The number of rotatable bonds is 1. The van der Waals surface area contributed by atoms with E-state index in [-0.39, 0.29) is 12.1 Å². The van der Waals surface area contributed by atoms with E-state index in [0.717, 1.165) is 48.4 Å². The predicted molar refractivity (Wildman–Crippen MR) is 93.7 cm³/mol. The van der Waals surface area contributed by atoms with Crippen LogP contribution in [-0.2, 0) is 4.74 Å². The van der Waals surface area contributed by atoms with E-state index < -0.39 is 0 Å². The van der Waals surface area contributed by atoms with Crippen molar-refractivity contribution in [3.63, 3.8) is 0 Å². The Hall–Kier alpha value is -2.51. The molecule has 0 amide bonds. The summed E-state index contributed by atoms with van der Waals surface area (Å²) in [5, 5.41) is 13.2. The van der Waals surface area contributed by atoms with Crippen LogP contribution in [0.5, 0.6) is 0 Å². The molecule has 0 spiro atoms. The van der Waals surface area contributed by atoms with Gasteiger partial charge in [0.1, 0.15) is 6.07 Å². The Morgan fingerprint density at radius 1 is 1.33 bits per heavy atom. The number of benzene rings is 1. The van der Waals surface area contributed by atoms with Gasteiger partial charge in [-0.25, -0.2) is 0 Å². The van der Waals surface area contributed by atoms with Gasteiger partial charge in [0.2, 0.25) is 0 Å². The van der Waals surface area contributed by atoms with Gasteiger partial charge in [0, 0.05) is 23.8 Å². The van der Waals surface area contributed by atoms with E-state index in [9.17, 15) is 5.26 Å². The molecule has 1 aromatic rings. The Labute approximate surface area is 142 Å². The second kappa shape index (κ2) is 6.18. The molecule has 4 rings (SSSR count). The second-order valence-corrected chi connectivity index (χ2v) is 6.59. The number of nitriles is 1. The lowest BCUT2D eigenvalue weighted by atomic mass is 9.76. The Morgan fingerprint density at radius 2 is 2.25 bits per heavy atom. The lowest BCUT2D eigenvalue weighted by Gasteiger charge is -2.45. The van der Waals surface area contributed by atoms with Crippen LogP contribution in [0.3, 0.4) is 0 Å². The van der Waals surface area contributed by atoms with E-state index in [1.54, 1.807) is 0 Å². The van der Waals surface area contributed by atoms with Crippen LogP contribution in [0.25, 0.3) is 0 Å². The summed E-state index contributed by atoms with van der Waals surface area (Å²) in [4.78, 5) is 0. The van der Waals surface area contributed by atoms with Gasteiger partial charge in [0.25, 0.3) is 0 Å². The third kappa shape index (κ3) is 2.51. The van der Waals surface area contributed by atoms with Crippen LogP contribution in [0.2, 0.25) is 0 Å². The smallest absolute Gasteiger partial charge is 0.101 e. The number of nitrogens with two attached hydrogens (primary N) is 1. The van der Waals surface area contributed by atoms with Crippen molar-refractivity contribution in [2.45, 2.75) is 31.4 Å². The van der Waals surface area contributed by atoms with Crippen LogP contribution in [0.1, 0.15) is 30.9 Å². The molecule has 0 radical (unpaired) electrons. The highest BCUT2D eigenvalue weighted by atomic mass is 16.5. The van der Waals surface area contributed by atoms with Crippen LogP contribution in [0, 0.1) is 17.2 Å². The monoisotopic (exact) mass is 319 g/mol. The molecule has 3 atom stereocenters. The van der Waals surface area contributed by atoms with Crippen LogP contribution in [0.15, 0.2) is 59.3 Å². The fourth-order valence-electron chi connectivity index (χ4n) is 4.05. The Bertz CT molecular complexity index is 784. The highest BCUT2D eigenvalue weighted by Crippen LogP contribution is 2.44. The molecule has 2 heterocycles. The lowest BCUT2D eigenvalue weighted by molar-refractivity contribution is -0.0236. The van der Waals surface area contributed by atoms with E-state index in [1.807, 2.05) is 30.4 Å². The number of nitrogens with one attached hydrogen (secondary N) is 1. The summed E-state index contributed by atoms with van der Waals surface area (Å²) in [6.07, 6.45) is 9.19. The molecule has 2 saturated heterocycles. The highest BCUT2D eigenvalue weighted by Gasteiger charge is 2.42. The molecule has 0 aromatic heterocycles. The first-order chi connectivity index (χ1) is 11.8. The molecule has 0 bridgehead atoms. The van der Waals surface area contributed by atoms with Crippen LogP contribution in [0.4, 0.5) is 5.69 Å². The minimum Gasteiger partial charge on any atom is -0.399 e. The third-order valence-corrected chi connectivity index (χ3v) is 5.11. The minimum absolute atomic E-state index is 0.0460. The normalized spacial score (nSPS) is 28.8. The van der Waals surface area contributed by atoms with Crippen molar-refractivity contribution in [1.82, 2.24) is 5.32 Å². The Balaban J connectivity index is 1.82. The zero-order chi connectivity index (χ0) is 16.5. The number of nitrogen functional groups attached to an aromatic ring is 1. The number of fused-ring (bicyclic) bond motifs is 3. The third-order valence-electron chi connectivity index (χ3n) is 5.11. The summed E-state index contributed by atoms with van der Waals surface area (Å²) >= 11 is 0. The summed E-state index contributed by atoms with van der Waals surface area (Å²) in [5.41, 5.74) is 10.7.